The molecule has 0 heterocycles. The van der Waals surface area contributed by atoms with Crippen LogP contribution in [0, 0.1) is 6.92 Å². The first kappa shape index (κ1) is 33.7. The molecule has 204 valence electrons. The van der Waals surface area contributed by atoms with Crippen molar-refractivity contribution < 1.29 is 14.4 Å². The van der Waals surface area contributed by atoms with Crippen LogP contribution in [-0.4, -0.2) is 29.1 Å². The van der Waals surface area contributed by atoms with Gasteiger partial charge in [0.25, 0.3) is 0 Å². The zero-order valence-corrected chi connectivity index (χ0v) is 23.0. The Bertz CT molecular complexity index is 1210. The van der Waals surface area contributed by atoms with E-state index < -0.39 is 11.4 Å². The van der Waals surface area contributed by atoms with Crippen LogP contribution in [0.4, 0.5) is 0 Å². The van der Waals surface area contributed by atoms with Crippen LogP contribution in [0.15, 0.2) is 89.9 Å². The van der Waals surface area contributed by atoms with Gasteiger partial charge in [0.1, 0.15) is 0 Å². The number of primary amides is 2. The Balaban J connectivity index is 0.000000515. The molecule has 0 aliphatic carbocycles. The largest absolute Gasteiger partial charge is 0.387 e. The Morgan fingerprint density at radius 1 is 0.842 bits per heavy atom. The molecule has 8 N–H and O–H groups in total. The first-order valence-electron chi connectivity index (χ1n) is 12.1. The van der Waals surface area contributed by atoms with Gasteiger partial charge in [-0.05, 0) is 50.5 Å². The Morgan fingerprint density at radius 3 is 1.84 bits per heavy atom. The molecule has 0 aliphatic rings. The number of hydrogen-bond acceptors (Lipinski definition) is 4. The zero-order valence-electron chi connectivity index (χ0n) is 23.0. The summed E-state index contributed by atoms with van der Waals surface area (Å²) in [6, 6.07) is 24.8. The highest BCUT2D eigenvalue weighted by atomic mass is 16.2. The maximum Gasteiger partial charge on any atom is 0.247 e. The molecule has 3 amide bonds. The second-order valence-electron chi connectivity index (χ2n) is 9.15. The summed E-state index contributed by atoms with van der Waals surface area (Å²) in [5.41, 5.74) is 22.1. The van der Waals surface area contributed by atoms with Crippen molar-refractivity contribution in [1.82, 2.24) is 0 Å². The fourth-order valence-electron chi connectivity index (χ4n) is 2.75. The predicted octanol–water partition coefficient (Wildman–Crippen LogP) is 3.93. The van der Waals surface area contributed by atoms with Gasteiger partial charge >= 0.3 is 0 Å². The summed E-state index contributed by atoms with van der Waals surface area (Å²) in [4.78, 5) is 34.2. The molecule has 38 heavy (non-hydrogen) atoms. The quantitative estimate of drug-likeness (QED) is 0.227. The summed E-state index contributed by atoms with van der Waals surface area (Å²) in [5.74, 6) is -0.634. The van der Waals surface area contributed by atoms with Gasteiger partial charge in [0.2, 0.25) is 17.7 Å². The lowest BCUT2D eigenvalue weighted by Gasteiger charge is -2.10. The highest BCUT2D eigenvalue weighted by Crippen LogP contribution is 2.14. The summed E-state index contributed by atoms with van der Waals surface area (Å²) < 4.78 is 0. The SMILES string of the molecule is CC(C)(N)/C=C/C(N)=O.CC(N)=NC(=O)CCc1ccccc1.CC(N)=O.Cc1ccc2ccccc2c1. The molecule has 0 saturated carbocycles. The molecule has 8 heteroatoms. The molecule has 0 atom stereocenters. The molecule has 0 spiro atoms. The Kier molecular flexibility index (Phi) is 16.0. The minimum Gasteiger partial charge on any atom is -0.387 e. The van der Waals surface area contributed by atoms with Crippen molar-refractivity contribution in [2.24, 2.45) is 27.9 Å². The van der Waals surface area contributed by atoms with Gasteiger partial charge in [0, 0.05) is 25.0 Å². The minimum atomic E-state index is -0.464. The van der Waals surface area contributed by atoms with Gasteiger partial charge < -0.3 is 22.9 Å². The average molecular weight is 520 g/mol. The molecule has 3 aromatic rings. The van der Waals surface area contributed by atoms with E-state index >= 15 is 0 Å². The lowest BCUT2D eigenvalue weighted by molar-refractivity contribution is -0.118. The Hall–Kier alpha value is -4.30. The third kappa shape index (κ3) is 19.9. The molecule has 0 aromatic heterocycles. The average Bonchev–Trinajstić information content (AvgIpc) is 2.82. The standard InChI is InChI=1S/C11H14N2O.C11H10.C6H12N2O.C2H5NO/c1-9(12)13-11(14)8-7-10-5-3-2-4-6-10;1-9-6-7-10-4-2-3-5-11(10)8-9;1-6(2,8)4-3-5(7)9;1-2(3)4/h2-6H,7-8H2,1H3,(H2,12,13,14);2-8H,1H3;3-4H,8H2,1-2H3,(H2,7,9);1H3,(H2,3,4)/b;;4-3+;. The van der Waals surface area contributed by atoms with Crippen LogP contribution >= 0.6 is 0 Å². The molecule has 8 nitrogen and oxygen atoms in total. The number of carbonyl (C=O) groups excluding carboxylic acids is 3. The van der Waals surface area contributed by atoms with Crippen LogP contribution in [0.2, 0.25) is 0 Å². The minimum absolute atomic E-state index is 0.158. The molecule has 0 unspecified atom stereocenters. The summed E-state index contributed by atoms with van der Waals surface area (Å²) in [6.45, 7) is 8.60. The molecule has 3 rings (SSSR count). The smallest absolute Gasteiger partial charge is 0.247 e. The number of nitrogens with two attached hydrogens (primary N) is 4. The number of aryl methyl sites for hydroxylation is 2. The van der Waals surface area contributed by atoms with E-state index in [0.717, 1.165) is 12.0 Å². The van der Waals surface area contributed by atoms with Gasteiger partial charge in [0.05, 0.1) is 5.84 Å². The van der Waals surface area contributed by atoms with E-state index in [4.69, 9.17) is 17.2 Å². The molecule has 0 radical (unpaired) electrons. The van der Waals surface area contributed by atoms with Crippen molar-refractivity contribution in [2.45, 2.75) is 53.0 Å². The lowest BCUT2D eigenvalue weighted by atomic mass is 10.1. The molecule has 3 aromatic carbocycles. The molecule has 0 aliphatic heterocycles. The number of benzene rings is 3. The number of nitrogens with zero attached hydrogens (tertiary/aromatic N) is 1. The molecule has 0 fully saturated rings. The monoisotopic (exact) mass is 519 g/mol. The van der Waals surface area contributed by atoms with Crippen molar-refractivity contribution in [2.75, 3.05) is 0 Å². The fourth-order valence-corrected chi connectivity index (χ4v) is 2.75. The molecule has 0 saturated heterocycles. The van der Waals surface area contributed by atoms with E-state index in [1.54, 1.807) is 26.8 Å². The maximum atomic E-state index is 11.2. The highest BCUT2D eigenvalue weighted by molar-refractivity contribution is 5.92. The van der Waals surface area contributed by atoms with Gasteiger partial charge in [-0.2, -0.15) is 0 Å². The zero-order chi connectivity index (χ0) is 29.1. The van der Waals surface area contributed by atoms with Gasteiger partial charge in [-0.25, -0.2) is 4.99 Å². The summed E-state index contributed by atoms with van der Waals surface area (Å²) in [5, 5.41) is 2.64. The summed E-state index contributed by atoms with van der Waals surface area (Å²) in [6.07, 6.45) is 3.96. The number of amides is 3. The van der Waals surface area contributed by atoms with Crippen LogP contribution < -0.4 is 22.9 Å². The number of carbonyl (C=O) groups is 3. The van der Waals surface area contributed by atoms with Gasteiger partial charge in [-0.15, -0.1) is 0 Å². The molecular weight excluding hydrogens is 478 g/mol. The topological polar surface area (TPSA) is 168 Å². The van der Waals surface area contributed by atoms with E-state index in [2.05, 4.69) is 60.1 Å². The van der Waals surface area contributed by atoms with Crippen molar-refractivity contribution in [3.63, 3.8) is 0 Å². The van der Waals surface area contributed by atoms with Crippen molar-refractivity contribution in [3.8, 4) is 0 Å². The Morgan fingerprint density at radius 2 is 1.37 bits per heavy atom. The van der Waals surface area contributed by atoms with Crippen molar-refractivity contribution in [3.05, 3.63) is 96.1 Å². The first-order valence-corrected chi connectivity index (χ1v) is 12.1. The number of rotatable bonds is 5. The first-order chi connectivity index (χ1) is 17.7. The van der Waals surface area contributed by atoms with Gasteiger partial charge in [0.15, 0.2) is 0 Å². The van der Waals surface area contributed by atoms with E-state index in [-0.39, 0.29) is 11.8 Å². The number of fused-ring (bicyclic) bond motifs is 1. The number of amidine groups is 1. The number of hydrogen-bond donors (Lipinski definition) is 4. The van der Waals surface area contributed by atoms with Crippen LogP contribution in [0.3, 0.4) is 0 Å². The summed E-state index contributed by atoms with van der Waals surface area (Å²) in [7, 11) is 0. The Labute approximate surface area is 225 Å². The predicted molar refractivity (Wildman–Crippen MR) is 157 cm³/mol. The number of aliphatic imine (C=N–C) groups is 1. The van der Waals surface area contributed by atoms with Crippen LogP contribution in [0.1, 0.15) is 45.2 Å². The maximum absolute atomic E-state index is 11.2. The van der Waals surface area contributed by atoms with Crippen LogP contribution in [0.25, 0.3) is 10.8 Å². The van der Waals surface area contributed by atoms with E-state index in [1.807, 2.05) is 30.3 Å². The molecular formula is C30H41N5O3. The molecule has 0 bridgehead atoms. The van der Waals surface area contributed by atoms with E-state index in [0.29, 0.717) is 12.3 Å². The highest BCUT2D eigenvalue weighted by Gasteiger charge is 2.03. The van der Waals surface area contributed by atoms with Gasteiger partial charge in [-0.1, -0.05) is 84.4 Å². The van der Waals surface area contributed by atoms with Crippen LogP contribution in [-0.2, 0) is 20.8 Å². The second-order valence-corrected chi connectivity index (χ2v) is 9.15. The van der Waals surface area contributed by atoms with Crippen LogP contribution in [0.5, 0.6) is 0 Å². The third-order valence-electron chi connectivity index (χ3n) is 4.35. The fraction of sp³-hybridized carbons (Fsp3) is 0.267. The van der Waals surface area contributed by atoms with Gasteiger partial charge in [-0.3, -0.25) is 14.4 Å². The lowest BCUT2D eigenvalue weighted by Crippen LogP contribution is -2.29. The van der Waals surface area contributed by atoms with Crippen molar-refractivity contribution in [1.29, 1.82) is 0 Å². The third-order valence-corrected chi connectivity index (χ3v) is 4.35. The normalized spacial score (nSPS) is 10.7. The van der Waals surface area contributed by atoms with E-state index in [9.17, 15) is 14.4 Å². The van der Waals surface area contributed by atoms with Crippen molar-refractivity contribution >= 4 is 34.3 Å². The summed E-state index contributed by atoms with van der Waals surface area (Å²) >= 11 is 0. The second kappa shape index (κ2) is 18.0. The van der Waals surface area contributed by atoms with E-state index in [1.165, 1.54) is 29.3 Å².